The van der Waals surface area contributed by atoms with Crippen molar-refractivity contribution in [3.63, 3.8) is 0 Å². The van der Waals surface area contributed by atoms with Crippen LogP contribution in [0, 0.1) is 6.92 Å². The summed E-state index contributed by atoms with van der Waals surface area (Å²) in [6.07, 6.45) is 9.49. The summed E-state index contributed by atoms with van der Waals surface area (Å²) in [5.41, 5.74) is 2.89. The largest absolute Gasteiger partial charge is 0.491 e. The highest BCUT2D eigenvalue weighted by atomic mass is 16.5. The highest BCUT2D eigenvalue weighted by Crippen LogP contribution is 2.24. The second-order valence-corrected chi connectivity index (χ2v) is 6.78. The molecule has 2 aromatic carbocycles. The number of carbonyl (C=O) groups excluding carboxylic acids is 1. The van der Waals surface area contributed by atoms with Gasteiger partial charge in [-0.3, -0.25) is 4.79 Å². The maximum Gasteiger partial charge on any atom is 0.248 e. The van der Waals surface area contributed by atoms with Gasteiger partial charge in [0.15, 0.2) is 0 Å². The number of unbranched alkanes of at least 4 members (excludes halogenated alkanes) is 3. The molecule has 0 aliphatic heterocycles. The number of nitrogens with one attached hydrogen (secondary N) is 1. The van der Waals surface area contributed by atoms with E-state index in [-0.39, 0.29) is 5.91 Å². The first-order valence-electron chi connectivity index (χ1n) is 11.4. The summed E-state index contributed by atoms with van der Waals surface area (Å²) in [6.45, 7) is 13.2. The van der Waals surface area contributed by atoms with Crippen LogP contribution in [0.1, 0.15) is 77.8 Å². The van der Waals surface area contributed by atoms with Crippen molar-refractivity contribution in [2.75, 3.05) is 11.9 Å². The minimum Gasteiger partial charge on any atom is -0.491 e. The zero-order valence-electron chi connectivity index (χ0n) is 19.8. The molecule has 0 unspecified atom stereocenters. The van der Waals surface area contributed by atoms with Gasteiger partial charge in [-0.25, -0.2) is 0 Å². The van der Waals surface area contributed by atoms with Crippen molar-refractivity contribution in [1.82, 2.24) is 0 Å². The van der Waals surface area contributed by atoms with Crippen molar-refractivity contribution in [2.45, 2.75) is 73.6 Å². The smallest absolute Gasteiger partial charge is 0.248 e. The molecule has 30 heavy (non-hydrogen) atoms. The van der Waals surface area contributed by atoms with E-state index in [4.69, 9.17) is 4.74 Å². The van der Waals surface area contributed by atoms with Gasteiger partial charge in [0.2, 0.25) is 5.91 Å². The van der Waals surface area contributed by atoms with Crippen LogP contribution in [0.4, 0.5) is 5.69 Å². The van der Waals surface area contributed by atoms with Crippen LogP contribution in [0.25, 0.3) is 6.08 Å². The second kappa shape index (κ2) is 18.5. The van der Waals surface area contributed by atoms with E-state index in [1.165, 1.54) is 30.9 Å². The lowest BCUT2D eigenvalue weighted by atomic mass is 10.1. The van der Waals surface area contributed by atoms with Crippen molar-refractivity contribution >= 4 is 17.7 Å². The first-order chi connectivity index (χ1) is 14.6. The van der Waals surface area contributed by atoms with E-state index >= 15 is 0 Å². The van der Waals surface area contributed by atoms with Gasteiger partial charge in [-0.05, 0) is 37.1 Å². The number of amides is 1. The lowest BCUT2D eigenvalue weighted by Gasteiger charge is -2.11. The maximum atomic E-state index is 12.1. The maximum absolute atomic E-state index is 12.1. The van der Waals surface area contributed by atoms with Crippen molar-refractivity contribution in [3.05, 3.63) is 65.7 Å². The van der Waals surface area contributed by atoms with Gasteiger partial charge in [0.05, 0.1) is 12.3 Å². The van der Waals surface area contributed by atoms with E-state index in [1.54, 1.807) is 6.08 Å². The van der Waals surface area contributed by atoms with Crippen LogP contribution in [0.15, 0.2) is 54.6 Å². The van der Waals surface area contributed by atoms with Crippen LogP contribution in [0.2, 0.25) is 0 Å². The van der Waals surface area contributed by atoms with E-state index in [2.05, 4.69) is 26.1 Å². The van der Waals surface area contributed by atoms with Crippen molar-refractivity contribution in [3.8, 4) is 5.75 Å². The van der Waals surface area contributed by atoms with Gasteiger partial charge < -0.3 is 10.1 Å². The molecule has 0 saturated carbocycles. The van der Waals surface area contributed by atoms with Crippen LogP contribution in [0.3, 0.4) is 0 Å². The van der Waals surface area contributed by atoms with E-state index < -0.39 is 0 Å². The summed E-state index contributed by atoms with van der Waals surface area (Å²) in [7, 11) is 0. The normalized spacial score (nSPS) is 9.80. The third-order valence-corrected chi connectivity index (χ3v) is 4.11. The minimum absolute atomic E-state index is 0.169. The number of anilines is 1. The van der Waals surface area contributed by atoms with Gasteiger partial charge in [0, 0.05) is 6.08 Å². The summed E-state index contributed by atoms with van der Waals surface area (Å²) in [5, 5.41) is 2.87. The molecule has 0 heterocycles. The molecule has 166 valence electrons. The third kappa shape index (κ3) is 12.8. The molecule has 1 N–H and O–H groups in total. The van der Waals surface area contributed by atoms with Crippen LogP contribution < -0.4 is 10.1 Å². The number of carbonyl (C=O) groups is 1. The molecular weight excluding hydrogens is 370 g/mol. The number of para-hydroxylation sites is 2. The van der Waals surface area contributed by atoms with Crippen molar-refractivity contribution < 1.29 is 9.53 Å². The van der Waals surface area contributed by atoms with Gasteiger partial charge in [-0.15, -0.1) is 0 Å². The van der Waals surface area contributed by atoms with Gasteiger partial charge in [-0.2, -0.15) is 0 Å². The lowest BCUT2D eigenvalue weighted by Crippen LogP contribution is -2.09. The van der Waals surface area contributed by atoms with Crippen LogP contribution in [-0.4, -0.2) is 12.5 Å². The molecule has 0 aliphatic rings. The van der Waals surface area contributed by atoms with E-state index in [0.29, 0.717) is 18.0 Å². The predicted octanol–water partition coefficient (Wildman–Crippen LogP) is 8.05. The molecule has 0 fully saturated rings. The van der Waals surface area contributed by atoms with E-state index in [9.17, 15) is 4.79 Å². The Morgan fingerprint density at radius 2 is 1.50 bits per heavy atom. The Labute approximate surface area is 184 Å². The van der Waals surface area contributed by atoms with Crippen LogP contribution >= 0.6 is 0 Å². The summed E-state index contributed by atoms with van der Waals surface area (Å²) in [6, 6.07) is 15.5. The second-order valence-electron chi connectivity index (χ2n) is 6.78. The highest BCUT2D eigenvalue weighted by Gasteiger charge is 2.05. The van der Waals surface area contributed by atoms with E-state index in [1.807, 2.05) is 69.3 Å². The molecule has 0 radical (unpaired) electrons. The zero-order chi connectivity index (χ0) is 22.6. The number of hydrogen-bond acceptors (Lipinski definition) is 2. The van der Waals surface area contributed by atoms with Gasteiger partial charge >= 0.3 is 0 Å². The third-order valence-electron chi connectivity index (χ3n) is 4.11. The van der Waals surface area contributed by atoms with Crippen molar-refractivity contribution in [2.24, 2.45) is 0 Å². The van der Waals surface area contributed by atoms with Crippen LogP contribution in [0.5, 0.6) is 5.75 Å². The number of rotatable bonds is 9. The zero-order valence-corrected chi connectivity index (χ0v) is 19.8. The Kier molecular flexibility index (Phi) is 16.9. The lowest BCUT2D eigenvalue weighted by molar-refractivity contribution is -0.111. The molecule has 2 rings (SSSR count). The Hall–Kier alpha value is -2.55. The molecule has 0 aromatic heterocycles. The molecule has 3 heteroatoms. The summed E-state index contributed by atoms with van der Waals surface area (Å²) in [5.74, 6) is 0.537. The molecular formula is C27H41NO2. The average molecular weight is 412 g/mol. The summed E-state index contributed by atoms with van der Waals surface area (Å²) >= 11 is 0. The SMILES string of the molecule is CC.CCCCC.CCCCOc1ccccc1NC(=O)/C=C/c1ccc(C)cc1. The van der Waals surface area contributed by atoms with Gasteiger partial charge in [0.1, 0.15) is 5.75 Å². The quantitative estimate of drug-likeness (QED) is 0.335. The molecule has 3 nitrogen and oxygen atoms in total. The fourth-order valence-electron chi connectivity index (χ4n) is 2.40. The Morgan fingerprint density at radius 1 is 0.900 bits per heavy atom. The van der Waals surface area contributed by atoms with Crippen molar-refractivity contribution in [1.29, 1.82) is 0 Å². The fourth-order valence-corrected chi connectivity index (χ4v) is 2.40. The van der Waals surface area contributed by atoms with Crippen LogP contribution in [-0.2, 0) is 4.79 Å². The van der Waals surface area contributed by atoms with E-state index in [0.717, 1.165) is 18.4 Å². The molecule has 2 aromatic rings. The molecule has 1 amide bonds. The number of ether oxygens (including phenoxy) is 1. The summed E-state index contributed by atoms with van der Waals surface area (Å²) in [4.78, 5) is 12.1. The molecule has 0 atom stereocenters. The Morgan fingerprint density at radius 3 is 2.07 bits per heavy atom. The molecule has 0 saturated heterocycles. The minimum atomic E-state index is -0.169. The topological polar surface area (TPSA) is 38.3 Å². The monoisotopic (exact) mass is 411 g/mol. The molecule has 0 bridgehead atoms. The predicted molar refractivity (Wildman–Crippen MR) is 132 cm³/mol. The number of benzene rings is 2. The Bertz CT molecular complexity index is 703. The molecule has 0 aliphatic carbocycles. The first kappa shape index (κ1) is 27.5. The number of aryl methyl sites for hydroxylation is 1. The molecule has 0 spiro atoms. The number of hydrogen-bond donors (Lipinski definition) is 1. The fraction of sp³-hybridized carbons (Fsp3) is 0.444. The Balaban J connectivity index is 0.00000105. The first-order valence-corrected chi connectivity index (χ1v) is 11.4. The highest BCUT2D eigenvalue weighted by molar-refractivity contribution is 6.02. The van der Waals surface area contributed by atoms with Gasteiger partial charge in [0.25, 0.3) is 0 Å². The summed E-state index contributed by atoms with van der Waals surface area (Å²) < 4.78 is 5.72. The van der Waals surface area contributed by atoms with Gasteiger partial charge in [-0.1, -0.05) is 102 Å². The average Bonchev–Trinajstić information content (AvgIpc) is 2.77. The standard InChI is InChI=1S/C20H23NO2.C5H12.C2H6/c1-3-4-15-23-19-8-6-5-7-18(19)21-20(22)14-13-17-11-9-16(2)10-12-17;1-3-5-4-2;1-2/h5-14H,3-4,15H2,1-2H3,(H,21,22);3-5H2,1-2H3;1-2H3/b14-13+;;.